The van der Waals surface area contributed by atoms with Crippen molar-refractivity contribution in [2.45, 2.75) is 20.3 Å². The summed E-state index contributed by atoms with van der Waals surface area (Å²) in [6.45, 7) is 4.99. The molecule has 0 unspecified atom stereocenters. The zero-order valence-corrected chi connectivity index (χ0v) is 13.3. The molecule has 0 fully saturated rings. The van der Waals surface area contributed by atoms with Crippen LogP contribution < -0.4 is 5.32 Å². The second kappa shape index (κ2) is 7.37. The molecular weight excluding hydrogens is 294 g/mol. The van der Waals surface area contributed by atoms with Crippen LogP contribution in [-0.4, -0.2) is 43.5 Å². The molecule has 21 heavy (non-hydrogen) atoms. The predicted molar refractivity (Wildman–Crippen MR) is 83.0 cm³/mol. The van der Waals surface area contributed by atoms with Gasteiger partial charge < -0.3 is 5.32 Å². The molecule has 0 heterocycles. The molecule has 1 aromatic carbocycles. The van der Waals surface area contributed by atoms with Gasteiger partial charge in [0.2, 0.25) is 10.0 Å². The second-order valence-electron chi connectivity index (χ2n) is 4.79. The number of rotatable bonds is 8. The highest BCUT2D eigenvalue weighted by Crippen LogP contribution is 2.21. The monoisotopic (exact) mass is 315 g/mol. The third kappa shape index (κ3) is 5.31. The van der Waals surface area contributed by atoms with Crippen molar-refractivity contribution in [3.05, 3.63) is 33.9 Å². The lowest BCUT2D eigenvalue weighted by Gasteiger charge is -2.17. The summed E-state index contributed by atoms with van der Waals surface area (Å²) in [6.07, 6.45) is 1.86. The number of hydrogen-bond donors (Lipinski definition) is 1. The van der Waals surface area contributed by atoms with Gasteiger partial charge in [0.1, 0.15) is 0 Å². The molecule has 0 saturated heterocycles. The Balaban J connectivity index is 2.50. The molecule has 0 spiro atoms. The molecule has 1 N–H and O–H groups in total. The van der Waals surface area contributed by atoms with E-state index in [9.17, 15) is 18.5 Å². The summed E-state index contributed by atoms with van der Waals surface area (Å²) in [5.74, 6) is 0. The summed E-state index contributed by atoms with van der Waals surface area (Å²) in [6, 6.07) is 4.83. The highest BCUT2D eigenvalue weighted by atomic mass is 32.2. The van der Waals surface area contributed by atoms with Crippen molar-refractivity contribution in [2.75, 3.05) is 31.2 Å². The molecule has 0 aromatic heterocycles. The molecule has 1 rings (SSSR count). The Kier molecular flexibility index (Phi) is 6.10. The number of nitro benzene ring substituents is 1. The zero-order chi connectivity index (χ0) is 16.0. The molecular formula is C13H21N3O4S. The minimum absolute atomic E-state index is 0.0924. The number of hydrogen-bond acceptors (Lipinski definition) is 5. The molecule has 118 valence electrons. The van der Waals surface area contributed by atoms with Gasteiger partial charge in [-0.3, -0.25) is 10.1 Å². The van der Waals surface area contributed by atoms with Gasteiger partial charge in [0.25, 0.3) is 5.69 Å². The molecule has 0 saturated carbocycles. The van der Waals surface area contributed by atoms with Crippen LogP contribution in [0.15, 0.2) is 18.2 Å². The number of sulfonamides is 1. The summed E-state index contributed by atoms with van der Waals surface area (Å²) >= 11 is 0. The molecule has 0 aliphatic rings. The summed E-state index contributed by atoms with van der Waals surface area (Å²) < 4.78 is 24.2. The van der Waals surface area contributed by atoms with Crippen LogP contribution in [0.3, 0.4) is 0 Å². The number of aryl methyl sites for hydroxylation is 1. The van der Waals surface area contributed by atoms with E-state index >= 15 is 0 Å². The van der Waals surface area contributed by atoms with Crippen molar-refractivity contribution < 1.29 is 13.3 Å². The van der Waals surface area contributed by atoms with Crippen LogP contribution in [0, 0.1) is 17.0 Å². The van der Waals surface area contributed by atoms with Crippen LogP contribution in [-0.2, 0) is 10.0 Å². The van der Waals surface area contributed by atoms with E-state index in [1.54, 1.807) is 26.0 Å². The quantitative estimate of drug-likeness (QED) is 0.450. The maximum Gasteiger partial charge on any atom is 0.272 e. The third-order valence-electron chi connectivity index (χ3n) is 3.13. The van der Waals surface area contributed by atoms with Crippen molar-refractivity contribution in [1.29, 1.82) is 0 Å². The van der Waals surface area contributed by atoms with Crippen molar-refractivity contribution >= 4 is 21.4 Å². The van der Waals surface area contributed by atoms with E-state index in [1.165, 1.54) is 16.6 Å². The van der Waals surface area contributed by atoms with E-state index in [1.807, 2.05) is 0 Å². The minimum Gasteiger partial charge on any atom is -0.385 e. The van der Waals surface area contributed by atoms with Gasteiger partial charge in [-0.05, 0) is 25.5 Å². The van der Waals surface area contributed by atoms with E-state index in [4.69, 9.17) is 0 Å². The number of nitrogens with one attached hydrogen (secondary N) is 1. The van der Waals surface area contributed by atoms with Crippen LogP contribution in [0.5, 0.6) is 0 Å². The SMILES string of the molecule is CCN(CCCNc1ccc([N+](=O)[O-])c(C)c1)S(C)(=O)=O. The lowest BCUT2D eigenvalue weighted by Crippen LogP contribution is -2.31. The summed E-state index contributed by atoms with van der Waals surface area (Å²) in [5, 5.41) is 13.9. The van der Waals surface area contributed by atoms with Crippen LogP contribution in [0.25, 0.3) is 0 Å². The highest BCUT2D eigenvalue weighted by Gasteiger charge is 2.13. The van der Waals surface area contributed by atoms with E-state index in [0.717, 1.165) is 5.69 Å². The van der Waals surface area contributed by atoms with Crippen LogP contribution >= 0.6 is 0 Å². The van der Waals surface area contributed by atoms with Gasteiger partial charge in [-0.2, -0.15) is 0 Å². The Morgan fingerprint density at radius 1 is 1.38 bits per heavy atom. The van der Waals surface area contributed by atoms with Crippen molar-refractivity contribution in [1.82, 2.24) is 4.31 Å². The molecule has 0 amide bonds. The zero-order valence-electron chi connectivity index (χ0n) is 12.5. The molecule has 0 aliphatic heterocycles. The Morgan fingerprint density at radius 3 is 2.52 bits per heavy atom. The minimum atomic E-state index is -3.15. The molecule has 0 radical (unpaired) electrons. The van der Waals surface area contributed by atoms with E-state index < -0.39 is 14.9 Å². The number of nitrogens with zero attached hydrogens (tertiary/aromatic N) is 2. The van der Waals surface area contributed by atoms with E-state index in [0.29, 0.717) is 31.6 Å². The average molecular weight is 315 g/mol. The summed E-state index contributed by atoms with van der Waals surface area (Å²) in [4.78, 5) is 10.3. The maximum atomic E-state index is 11.4. The molecule has 0 bridgehead atoms. The molecule has 0 aliphatic carbocycles. The van der Waals surface area contributed by atoms with Crippen LogP contribution in [0.1, 0.15) is 18.9 Å². The van der Waals surface area contributed by atoms with Gasteiger partial charge >= 0.3 is 0 Å². The highest BCUT2D eigenvalue weighted by molar-refractivity contribution is 7.88. The van der Waals surface area contributed by atoms with Crippen molar-refractivity contribution in [3.8, 4) is 0 Å². The lowest BCUT2D eigenvalue weighted by atomic mass is 10.2. The first-order valence-corrected chi connectivity index (χ1v) is 8.54. The van der Waals surface area contributed by atoms with Gasteiger partial charge in [-0.1, -0.05) is 6.92 Å². The first kappa shape index (κ1) is 17.4. The van der Waals surface area contributed by atoms with Gasteiger partial charge in [0.15, 0.2) is 0 Å². The Bertz CT molecular complexity index is 601. The van der Waals surface area contributed by atoms with Crippen molar-refractivity contribution in [3.63, 3.8) is 0 Å². The topological polar surface area (TPSA) is 92.5 Å². The lowest BCUT2D eigenvalue weighted by molar-refractivity contribution is -0.385. The average Bonchev–Trinajstić information content (AvgIpc) is 2.36. The first-order chi connectivity index (χ1) is 9.75. The normalized spacial score (nSPS) is 11.6. The fraction of sp³-hybridized carbons (Fsp3) is 0.538. The van der Waals surface area contributed by atoms with Gasteiger partial charge in [0.05, 0.1) is 11.2 Å². The second-order valence-corrected chi connectivity index (χ2v) is 6.78. The Hall–Kier alpha value is -1.67. The molecule has 8 heteroatoms. The van der Waals surface area contributed by atoms with E-state index in [2.05, 4.69) is 5.32 Å². The van der Waals surface area contributed by atoms with Crippen LogP contribution in [0.4, 0.5) is 11.4 Å². The van der Waals surface area contributed by atoms with Gasteiger partial charge in [0, 0.05) is 37.0 Å². The molecule has 7 nitrogen and oxygen atoms in total. The summed E-state index contributed by atoms with van der Waals surface area (Å²) in [5.41, 5.74) is 1.48. The standard InChI is InChI=1S/C13H21N3O4S/c1-4-15(21(3,19)20)9-5-8-14-12-6-7-13(16(17)18)11(2)10-12/h6-7,10,14H,4-5,8-9H2,1-3H3. The number of nitro groups is 1. The maximum absolute atomic E-state index is 11.4. The number of benzene rings is 1. The smallest absolute Gasteiger partial charge is 0.272 e. The predicted octanol–water partition coefficient (Wildman–Crippen LogP) is 1.99. The Morgan fingerprint density at radius 2 is 2.05 bits per heavy atom. The van der Waals surface area contributed by atoms with Gasteiger partial charge in [-0.15, -0.1) is 0 Å². The third-order valence-corrected chi connectivity index (χ3v) is 4.51. The molecule has 1 aromatic rings. The van der Waals surface area contributed by atoms with Crippen LogP contribution in [0.2, 0.25) is 0 Å². The Labute approximate surface area is 125 Å². The molecule has 0 atom stereocenters. The first-order valence-electron chi connectivity index (χ1n) is 6.69. The van der Waals surface area contributed by atoms with E-state index in [-0.39, 0.29) is 5.69 Å². The number of anilines is 1. The van der Waals surface area contributed by atoms with Gasteiger partial charge in [-0.25, -0.2) is 12.7 Å². The van der Waals surface area contributed by atoms with Crippen molar-refractivity contribution in [2.24, 2.45) is 0 Å². The summed E-state index contributed by atoms with van der Waals surface area (Å²) in [7, 11) is -3.15. The fourth-order valence-electron chi connectivity index (χ4n) is 2.02. The largest absolute Gasteiger partial charge is 0.385 e. The fourth-order valence-corrected chi connectivity index (χ4v) is 2.95.